The molecule has 0 radical (unpaired) electrons. The maximum absolute atomic E-state index is 12.2. The van der Waals surface area contributed by atoms with Crippen LogP contribution in [0.2, 0.25) is 0 Å². The molecule has 3 heteroatoms. The van der Waals surface area contributed by atoms with E-state index in [1.165, 1.54) is 19.3 Å². The van der Waals surface area contributed by atoms with Crippen molar-refractivity contribution in [3.05, 3.63) is 0 Å². The molecule has 0 spiro atoms. The molecule has 3 fully saturated rings. The molecular formula is C15H26N2O. The van der Waals surface area contributed by atoms with E-state index in [9.17, 15) is 4.79 Å². The molecule has 2 N–H and O–H groups in total. The highest BCUT2D eigenvalue weighted by Crippen LogP contribution is 2.62. The zero-order valence-corrected chi connectivity index (χ0v) is 11.9. The standard InChI is InChI=1S/C15H26N2O/c1-14(2)11-4-5-15(3,7-11)13(14)17-12(18)6-10-8-16-9-10/h10-11,13,16H,4-9H2,1-3H3,(H,17,18). The van der Waals surface area contributed by atoms with Gasteiger partial charge in [0.05, 0.1) is 0 Å². The fourth-order valence-electron chi connectivity index (χ4n) is 4.64. The summed E-state index contributed by atoms with van der Waals surface area (Å²) >= 11 is 0. The summed E-state index contributed by atoms with van der Waals surface area (Å²) in [6.45, 7) is 9.09. The van der Waals surface area contributed by atoms with Gasteiger partial charge < -0.3 is 10.6 Å². The Morgan fingerprint density at radius 2 is 2.06 bits per heavy atom. The number of fused-ring (bicyclic) bond motifs is 2. The number of carbonyl (C=O) groups is 1. The van der Waals surface area contributed by atoms with Crippen LogP contribution < -0.4 is 10.6 Å². The molecule has 0 aromatic carbocycles. The maximum atomic E-state index is 12.2. The van der Waals surface area contributed by atoms with E-state index in [0.717, 1.165) is 19.0 Å². The van der Waals surface area contributed by atoms with Crippen molar-refractivity contribution in [2.24, 2.45) is 22.7 Å². The van der Waals surface area contributed by atoms with Crippen LogP contribution in [0, 0.1) is 22.7 Å². The first kappa shape index (κ1) is 12.5. The first-order valence-electron chi connectivity index (χ1n) is 7.42. The number of amides is 1. The van der Waals surface area contributed by atoms with Crippen molar-refractivity contribution >= 4 is 5.91 Å². The Hall–Kier alpha value is -0.570. The normalized spacial score (nSPS) is 41.7. The molecule has 1 aliphatic heterocycles. The summed E-state index contributed by atoms with van der Waals surface area (Å²) in [7, 11) is 0. The highest BCUT2D eigenvalue weighted by Gasteiger charge is 2.59. The van der Waals surface area contributed by atoms with E-state index < -0.39 is 0 Å². The van der Waals surface area contributed by atoms with Crippen LogP contribution in [-0.2, 0) is 4.79 Å². The molecule has 2 bridgehead atoms. The molecule has 3 nitrogen and oxygen atoms in total. The van der Waals surface area contributed by atoms with Gasteiger partial charge in [-0.1, -0.05) is 20.8 Å². The molecule has 1 amide bonds. The van der Waals surface area contributed by atoms with Crippen LogP contribution in [0.15, 0.2) is 0 Å². The highest BCUT2D eigenvalue weighted by molar-refractivity contribution is 5.77. The van der Waals surface area contributed by atoms with E-state index in [-0.39, 0.29) is 11.3 Å². The van der Waals surface area contributed by atoms with Gasteiger partial charge in [0.2, 0.25) is 5.91 Å². The van der Waals surface area contributed by atoms with E-state index in [0.29, 0.717) is 23.8 Å². The Labute approximate surface area is 110 Å². The number of hydrogen-bond donors (Lipinski definition) is 2. The molecule has 3 aliphatic rings. The van der Waals surface area contributed by atoms with Crippen molar-refractivity contribution in [1.82, 2.24) is 10.6 Å². The van der Waals surface area contributed by atoms with E-state index in [1.54, 1.807) is 0 Å². The van der Waals surface area contributed by atoms with Crippen molar-refractivity contribution in [2.45, 2.75) is 52.5 Å². The van der Waals surface area contributed by atoms with Crippen molar-refractivity contribution in [3.63, 3.8) is 0 Å². The van der Waals surface area contributed by atoms with E-state index in [1.807, 2.05) is 0 Å². The largest absolute Gasteiger partial charge is 0.352 e. The third-order valence-corrected chi connectivity index (χ3v) is 5.92. The lowest BCUT2D eigenvalue weighted by Gasteiger charge is -2.43. The Kier molecular flexibility index (Phi) is 2.74. The van der Waals surface area contributed by atoms with Crippen LogP contribution >= 0.6 is 0 Å². The van der Waals surface area contributed by atoms with Crippen LogP contribution in [0.5, 0.6) is 0 Å². The van der Waals surface area contributed by atoms with Gasteiger partial charge in [-0.25, -0.2) is 0 Å². The molecule has 2 saturated carbocycles. The zero-order valence-electron chi connectivity index (χ0n) is 11.9. The molecule has 1 saturated heterocycles. The van der Waals surface area contributed by atoms with Gasteiger partial charge in [-0.15, -0.1) is 0 Å². The summed E-state index contributed by atoms with van der Waals surface area (Å²) in [6, 6.07) is 0.379. The average molecular weight is 250 g/mol. The third kappa shape index (κ3) is 1.78. The van der Waals surface area contributed by atoms with Crippen LogP contribution in [0.25, 0.3) is 0 Å². The van der Waals surface area contributed by atoms with Gasteiger partial charge in [-0.3, -0.25) is 4.79 Å². The fourth-order valence-corrected chi connectivity index (χ4v) is 4.64. The van der Waals surface area contributed by atoms with Gasteiger partial charge in [0, 0.05) is 12.5 Å². The summed E-state index contributed by atoms with van der Waals surface area (Å²) < 4.78 is 0. The van der Waals surface area contributed by atoms with E-state index in [4.69, 9.17) is 0 Å². The minimum atomic E-state index is 0.272. The van der Waals surface area contributed by atoms with Crippen molar-refractivity contribution in [2.75, 3.05) is 13.1 Å². The van der Waals surface area contributed by atoms with Gasteiger partial charge >= 0.3 is 0 Å². The predicted molar refractivity (Wildman–Crippen MR) is 72.1 cm³/mol. The molecular weight excluding hydrogens is 224 g/mol. The minimum Gasteiger partial charge on any atom is -0.352 e. The Bertz CT molecular complexity index is 357. The molecule has 18 heavy (non-hydrogen) atoms. The highest BCUT2D eigenvalue weighted by atomic mass is 16.1. The van der Waals surface area contributed by atoms with Gasteiger partial charge in [0.25, 0.3) is 0 Å². The lowest BCUT2D eigenvalue weighted by Crippen LogP contribution is -2.53. The summed E-state index contributed by atoms with van der Waals surface area (Å²) in [4.78, 5) is 12.2. The maximum Gasteiger partial charge on any atom is 0.220 e. The second-order valence-electron chi connectivity index (χ2n) is 7.64. The van der Waals surface area contributed by atoms with Gasteiger partial charge in [0.15, 0.2) is 0 Å². The molecule has 102 valence electrons. The van der Waals surface area contributed by atoms with Gasteiger partial charge in [0.1, 0.15) is 0 Å². The summed E-state index contributed by atoms with van der Waals surface area (Å²) in [5, 5.41) is 6.60. The van der Waals surface area contributed by atoms with Crippen molar-refractivity contribution in [1.29, 1.82) is 0 Å². The molecule has 2 aliphatic carbocycles. The van der Waals surface area contributed by atoms with Crippen LogP contribution in [0.3, 0.4) is 0 Å². The topological polar surface area (TPSA) is 41.1 Å². The Morgan fingerprint density at radius 3 is 2.56 bits per heavy atom. The van der Waals surface area contributed by atoms with E-state index in [2.05, 4.69) is 31.4 Å². The molecule has 0 aromatic rings. The van der Waals surface area contributed by atoms with Crippen molar-refractivity contribution < 1.29 is 4.79 Å². The number of rotatable bonds is 3. The van der Waals surface area contributed by atoms with Gasteiger partial charge in [-0.2, -0.15) is 0 Å². The lowest BCUT2D eigenvalue weighted by molar-refractivity contribution is -0.125. The molecule has 0 aromatic heterocycles. The van der Waals surface area contributed by atoms with Crippen LogP contribution in [0.1, 0.15) is 46.5 Å². The molecule has 1 heterocycles. The summed E-state index contributed by atoms with van der Waals surface area (Å²) in [6.07, 6.45) is 4.65. The monoisotopic (exact) mass is 250 g/mol. The SMILES string of the molecule is CC12CCC(C1)C(C)(C)C2NC(=O)CC1CNC1. The van der Waals surface area contributed by atoms with Crippen LogP contribution in [-0.4, -0.2) is 25.0 Å². The first-order valence-corrected chi connectivity index (χ1v) is 7.42. The Balaban J connectivity index is 1.65. The number of hydrogen-bond acceptors (Lipinski definition) is 2. The number of nitrogens with one attached hydrogen (secondary N) is 2. The number of carbonyl (C=O) groups excluding carboxylic acids is 1. The fraction of sp³-hybridized carbons (Fsp3) is 0.933. The predicted octanol–water partition coefficient (Wildman–Crippen LogP) is 1.93. The smallest absolute Gasteiger partial charge is 0.220 e. The van der Waals surface area contributed by atoms with Crippen molar-refractivity contribution in [3.8, 4) is 0 Å². The first-order chi connectivity index (χ1) is 8.42. The zero-order chi connectivity index (χ0) is 13.0. The quantitative estimate of drug-likeness (QED) is 0.803. The minimum absolute atomic E-state index is 0.272. The van der Waals surface area contributed by atoms with Crippen LogP contribution in [0.4, 0.5) is 0 Å². The Morgan fingerprint density at radius 1 is 1.33 bits per heavy atom. The second kappa shape index (κ2) is 3.96. The third-order valence-electron chi connectivity index (χ3n) is 5.92. The second-order valence-corrected chi connectivity index (χ2v) is 7.64. The molecule has 3 rings (SSSR count). The molecule has 3 unspecified atom stereocenters. The summed E-state index contributed by atoms with van der Waals surface area (Å²) in [5.74, 6) is 1.64. The van der Waals surface area contributed by atoms with Gasteiger partial charge in [-0.05, 0) is 55.0 Å². The lowest BCUT2D eigenvalue weighted by atomic mass is 9.68. The molecule has 3 atom stereocenters. The average Bonchev–Trinajstić information content (AvgIpc) is 2.70. The summed E-state index contributed by atoms with van der Waals surface area (Å²) in [5.41, 5.74) is 0.627. The van der Waals surface area contributed by atoms with E-state index >= 15 is 0 Å².